The molecule has 5 heteroatoms. The molecule has 2 fully saturated rings. The van der Waals surface area contributed by atoms with Crippen LogP contribution in [0.2, 0.25) is 0 Å². The van der Waals surface area contributed by atoms with E-state index in [1.807, 2.05) is 6.07 Å². The van der Waals surface area contributed by atoms with Crippen molar-refractivity contribution in [2.75, 3.05) is 26.2 Å². The topological polar surface area (TPSA) is 41.8 Å². The van der Waals surface area contributed by atoms with Gasteiger partial charge in [0.25, 0.3) is 0 Å². The van der Waals surface area contributed by atoms with Gasteiger partial charge < -0.3 is 4.90 Å². The number of nitrogens with one attached hydrogen (secondary N) is 1. The summed E-state index contributed by atoms with van der Waals surface area (Å²) in [5.41, 5.74) is 0. The molecule has 2 aliphatic rings. The third-order valence-corrected chi connectivity index (χ3v) is 7.17. The quantitative estimate of drug-likeness (QED) is 0.907. The highest BCUT2D eigenvalue weighted by molar-refractivity contribution is 7.89. The molecule has 0 bridgehead atoms. The second kappa shape index (κ2) is 6.69. The number of quaternary nitrogens is 1. The van der Waals surface area contributed by atoms with E-state index in [0.717, 1.165) is 25.0 Å². The molecule has 1 saturated carbocycles. The van der Waals surface area contributed by atoms with Crippen molar-refractivity contribution in [2.24, 2.45) is 5.92 Å². The Bertz CT molecular complexity index is 580. The van der Waals surface area contributed by atoms with E-state index >= 15 is 0 Å². The lowest BCUT2D eigenvalue weighted by molar-refractivity contribution is -0.930. The maximum atomic E-state index is 12.6. The van der Waals surface area contributed by atoms with E-state index in [-0.39, 0.29) is 0 Å². The first-order chi connectivity index (χ1) is 10.6. The molecule has 1 saturated heterocycles. The van der Waals surface area contributed by atoms with E-state index in [9.17, 15) is 8.42 Å². The molecule has 0 amide bonds. The maximum absolute atomic E-state index is 12.6. The molecule has 1 aromatic carbocycles. The highest BCUT2D eigenvalue weighted by atomic mass is 32.2. The standard InChI is InChI=1S/C17H26N2O2S/c1-15-6-5-7-16(14-15)18-10-12-19(13-11-18)22(20,21)17-8-3-2-4-9-17/h2-4,8-9,15-16H,5-7,10-14H2,1H3/p+1/t15-,16+/m0/s1. The molecule has 122 valence electrons. The Morgan fingerprint density at radius 2 is 1.77 bits per heavy atom. The molecule has 1 aliphatic heterocycles. The van der Waals surface area contributed by atoms with Crippen LogP contribution >= 0.6 is 0 Å². The van der Waals surface area contributed by atoms with Gasteiger partial charge in [0.1, 0.15) is 0 Å². The zero-order valence-electron chi connectivity index (χ0n) is 13.4. The summed E-state index contributed by atoms with van der Waals surface area (Å²) in [6.07, 6.45) is 5.31. The minimum atomic E-state index is -3.31. The minimum absolute atomic E-state index is 0.421. The van der Waals surface area contributed by atoms with Crippen LogP contribution in [-0.4, -0.2) is 44.9 Å². The molecule has 1 N–H and O–H groups in total. The number of benzene rings is 1. The Labute approximate surface area is 134 Å². The van der Waals surface area contributed by atoms with Crippen molar-refractivity contribution in [3.63, 3.8) is 0 Å². The highest BCUT2D eigenvalue weighted by Crippen LogP contribution is 2.22. The van der Waals surface area contributed by atoms with Crippen molar-refractivity contribution in [1.29, 1.82) is 0 Å². The fraction of sp³-hybridized carbons (Fsp3) is 0.647. The second-order valence-corrected chi connectivity index (χ2v) is 8.78. The molecule has 4 nitrogen and oxygen atoms in total. The van der Waals surface area contributed by atoms with Crippen LogP contribution in [0.25, 0.3) is 0 Å². The van der Waals surface area contributed by atoms with Crippen LogP contribution < -0.4 is 4.90 Å². The zero-order valence-corrected chi connectivity index (χ0v) is 14.2. The van der Waals surface area contributed by atoms with Crippen LogP contribution in [0.15, 0.2) is 35.2 Å². The fourth-order valence-electron chi connectivity index (χ4n) is 3.97. The Kier molecular flexibility index (Phi) is 4.85. The molecule has 0 spiro atoms. The first kappa shape index (κ1) is 16.0. The summed E-state index contributed by atoms with van der Waals surface area (Å²) >= 11 is 0. The Hall–Kier alpha value is -0.910. The van der Waals surface area contributed by atoms with Gasteiger partial charge in [-0.2, -0.15) is 4.31 Å². The summed E-state index contributed by atoms with van der Waals surface area (Å²) in [4.78, 5) is 2.04. The predicted octanol–water partition coefficient (Wildman–Crippen LogP) is 1.15. The second-order valence-electron chi connectivity index (χ2n) is 6.84. The smallest absolute Gasteiger partial charge is 0.243 e. The Morgan fingerprint density at radius 3 is 2.41 bits per heavy atom. The number of nitrogens with zero attached hydrogens (tertiary/aromatic N) is 1. The Balaban J connectivity index is 1.62. The third-order valence-electron chi connectivity index (χ3n) is 5.26. The van der Waals surface area contributed by atoms with Gasteiger partial charge in [-0.3, -0.25) is 0 Å². The van der Waals surface area contributed by atoms with Gasteiger partial charge >= 0.3 is 0 Å². The maximum Gasteiger partial charge on any atom is 0.243 e. The van der Waals surface area contributed by atoms with Crippen molar-refractivity contribution < 1.29 is 13.3 Å². The van der Waals surface area contributed by atoms with E-state index in [1.54, 1.807) is 33.5 Å². The minimum Gasteiger partial charge on any atom is -0.330 e. The molecule has 2 atom stereocenters. The summed E-state index contributed by atoms with van der Waals surface area (Å²) in [6, 6.07) is 9.56. The molecule has 1 heterocycles. The van der Waals surface area contributed by atoms with Crippen molar-refractivity contribution in [3.05, 3.63) is 30.3 Å². The molecular weight excluding hydrogens is 296 g/mol. The molecule has 0 unspecified atom stereocenters. The van der Waals surface area contributed by atoms with Crippen LogP contribution in [0.4, 0.5) is 0 Å². The van der Waals surface area contributed by atoms with Crippen molar-refractivity contribution in [3.8, 4) is 0 Å². The van der Waals surface area contributed by atoms with E-state index in [0.29, 0.717) is 18.0 Å². The lowest BCUT2D eigenvalue weighted by Gasteiger charge is -2.38. The Morgan fingerprint density at radius 1 is 1.09 bits per heavy atom. The predicted molar refractivity (Wildman–Crippen MR) is 87.3 cm³/mol. The number of sulfonamides is 1. The SMILES string of the molecule is C[C@H]1CCC[C@@H]([NH+]2CCN(S(=O)(=O)c3ccccc3)CC2)C1. The van der Waals surface area contributed by atoms with Gasteiger partial charge in [0.15, 0.2) is 0 Å². The van der Waals surface area contributed by atoms with Crippen LogP contribution in [-0.2, 0) is 10.0 Å². The van der Waals surface area contributed by atoms with Crippen LogP contribution in [0.3, 0.4) is 0 Å². The number of rotatable bonds is 3. The molecule has 1 aliphatic carbocycles. The molecule has 3 rings (SSSR count). The van der Waals surface area contributed by atoms with Gasteiger partial charge in [0.2, 0.25) is 10.0 Å². The van der Waals surface area contributed by atoms with Crippen molar-refractivity contribution in [2.45, 2.75) is 43.5 Å². The lowest BCUT2D eigenvalue weighted by atomic mass is 9.86. The molecule has 0 aromatic heterocycles. The first-order valence-electron chi connectivity index (χ1n) is 8.47. The summed E-state index contributed by atoms with van der Waals surface area (Å²) < 4.78 is 26.9. The van der Waals surface area contributed by atoms with E-state index in [1.165, 1.54) is 25.7 Å². The van der Waals surface area contributed by atoms with Gasteiger partial charge in [0.05, 0.1) is 37.1 Å². The van der Waals surface area contributed by atoms with Crippen LogP contribution in [0, 0.1) is 5.92 Å². The summed E-state index contributed by atoms with van der Waals surface area (Å²) in [5, 5.41) is 0. The summed E-state index contributed by atoms with van der Waals surface area (Å²) in [6.45, 7) is 5.55. The highest BCUT2D eigenvalue weighted by Gasteiger charge is 2.34. The molecule has 1 aromatic rings. The number of hydrogen-bond acceptors (Lipinski definition) is 2. The van der Waals surface area contributed by atoms with Crippen LogP contribution in [0.1, 0.15) is 32.6 Å². The summed E-state index contributed by atoms with van der Waals surface area (Å²) in [7, 11) is -3.31. The van der Waals surface area contributed by atoms with E-state index < -0.39 is 10.0 Å². The van der Waals surface area contributed by atoms with Gasteiger partial charge in [-0.05, 0) is 30.9 Å². The van der Waals surface area contributed by atoms with Gasteiger partial charge in [0, 0.05) is 6.42 Å². The molecular formula is C17H27N2O2S+. The number of piperazine rings is 1. The largest absolute Gasteiger partial charge is 0.330 e. The fourth-order valence-corrected chi connectivity index (χ4v) is 5.43. The third kappa shape index (κ3) is 3.36. The van der Waals surface area contributed by atoms with Crippen molar-refractivity contribution in [1.82, 2.24) is 4.31 Å². The monoisotopic (exact) mass is 323 g/mol. The van der Waals surface area contributed by atoms with Gasteiger partial charge in [-0.25, -0.2) is 8.42 Å². The average Bonchev–Trinajstić information content (AvgIpc) is 2.56. The summed E-state index contributed by atoms with van der Waals surface area (Å²) in [5.74, 6) is 0.831. The lowest BCUT2D eigenvalue weighted by Crippen LogP contribution is -3.18. The van der Waals surface area contributed by atoms with Gasteiger partial charge in [-0.1, -0.05) is 31.5 Å². The van der Waals surface area contributed by atoms with Crippen molar-refractivity contribution >= 4 is 10.0 Å². The first-order valence-corrected chi connectivity index (χ1v) is 9.91. The average molecular weight is 323 g/mol. The molecule has 0 radical (unpaired) electrons. The normalized spacial score (nSPS) is 28.6. The van der Waals surface area contributed by atoms with E-state index in [4.69, 9.17) is 0 Å². The molecule has 22 heavy (non-hydrogen) atoms. The number of hydrogen-bond donors (Lipinski definition) is 1. The zero-order chi connectivity index (χ0) is 15.6. The van der Waals surface area contributed by atoms with Crippen LogP contribution in [0.5, 0.6) is 0 Å². The van der Waals surface area contributed by atoms with E-state index in [2.05, 4.69) is 6.92 Å². The van der Waals surface area contributed by atoms with Gasteiger partial charge in [-0.15, -0.1) is 0 Å².